The van der Waals surface area contributed by atoms with Crippen LogP contribution in [0.25, 0.3) is 33.2 Å². The number of nitrogens with zero attached hydrogens (tertiary/aromatic N) is 2. The number of aromatic nitrogens is 1. The molecule has 0 amide bonds. The fourth-order valence-corrected chi connectivity index (χ4v) is 5.69. The van der Waals surface area contributed by atoms with Gasteiger partial charge in [-0.2, -0.15) is 0 Å². The summed E-state index contributed by atoms with van der Waals surface area (Å²) < 4.78 is 0. The third kappa shape index (κ3) is 5.42. The SMILES string of the molecule is Clc1ccc(-c2cccc(CNc3ccnc4cc(Cl)ccc34)c2-c2ccc(CN3CCCC3)cc2)cc1. The molecule has 1 aliphatic rings. The van der Waals surface area contributed by atoms with Crippen LogP contribution in [0.3, 0.4) is 0 Å². The molecule has 0 spiro atoms. The molecule has 1 aromatic heterocycles. The van der Waals surface area contributed by atoms with Crippen LogP contribution in [0, 0.1) is 0 Å². The van der Waals surface area contributed by atoms with Crippen LogP contribution in [0.5, 0.6) is 0 Å². The van der Waals surface area contributed by atoms with E-state index in [2.05, 4.69) is 69.8 Å². The van der Waals surface area contributed by atoms with Gasteiger partial charge >= 0.3 is 0 Å². The lowest BCUT2D eigenvalue weighted by Gasteiger charge is -2.19. The van der Waals surface area contributed by atoms with Crippen molar-refractivity contribution in [3.05, 3.63) is 118 Å². The maximum atomic E-state index is 6.22. The molecule has 2 heterocycles. The summed E-state index contributed by atoms with van der Waals surface area (Å²) in [6, 6.07) is 31.6. The number of benzene rings is 4. The molecule has 1 saturated heterocycles. The Balaban J connectivity index is 1.37. The summed E-state index contributed by atoms with van der Waals surface area (Å²) in [7, 11) is 0. The van der Waals surface area contributed by atoms with E-state index in [1.807, 2.05) is 42.6 Å². The van der Waals surface area contributed by atoms with Gasteiger partial charge in [-0.15, -0.1) is 0 Å². The molecule has 0 radical (unpaired) electrons. The van der Waals surface area contributed by atoms with E-state index in [9.17, 15) is 0 Å². The first-order valence-corrected chi connectivity index (χ1v) is 13.9. The quantitative estimate of drug-likeness (QED) is 0.224. The number of hydrogen-bond acceptors (Lipinski definition) is 3. The number of halogens is 2. The number of pyridine rings is 1. The summed E-state index contributed by atoms with van der Waals surface area (Å²) in [5, 5.41) is 6.15. The molecule has 5 heteroatoms. The molecule has 5 aromatic rings. The van der Waals surface area contributed by atoms with Gasteiger partial charge in [0.25, 0.3) is 0 Å². The predicted molar refractivity (Wildman–Crippen MR) is 161 cm³/mol. The van der Waals surface area contributed by atoms with Crippen molar-refractivity contribution in [1.29, 1.82) is 0 Å². The molecule has 3 nitrogen and oxygen atoms in total. The number of anilines is 1. The van der Waals surface area contributed by atoms with Gasteiger partial charge < -0.3 is 5.32 Å². The molecule has 0 atom stereocenters. The average molecular weight is 539 g/mol. The van der Waals surface area contributed by atoms with E-state index in [0.29, 0.717) is 11.6 Å². The number of nitrogens with one attached hydrogen (secondary N) is 1. The summed E-state index contributed by atoms with van der Waals surface area (Å²) in [6.07, 6.45) is 4.44. The molecule has 4 aromatic carbocycles. The third-order valence-corrected chi connectivity index (χ3v) is 7.81. The van der Waals surface area contributed by atoms with Gasteiger partial charge in [-0.1, -0.05) is 77.8 Å². The van der Waals surface area contributed by atoms with Crippen molar-refractivity contribution in [2.45, 2.75) is 25.9 Å². The zero-order chi connectivity index (χ0) is 25.9. The molecule has 1 N–H and O–H groups in total. The standard InChI is InChI=1S/C33H29Cl2N3/c34-27-12-10-24(11-13-27)29-5-3-4-26(21-37-31-16-17-36-32-20-28(35)14-15-30(31)32)33(29)25-8-6-23(7-9-25)22-38-18-1-2-19-38/h3-17,20H,1-2,18-19,21-22H2,(H,36,37). The van der Waals surface area contributed by atoms with Crippen molar-refractivity contribution in [2.24, 2.45) is 0 Å². The number of likely N-dealkylation sites (tertiary alicyclic amines) is 1. The highest BCUT2D eigenvalue weighted by Crippen LogP contribution is 2.36. The Bertz CT molecular complexity index is 1560. The van der Waals surface area contributed by atoms with Crippen LogP contribution >= 0.6 is 23.2 Å². The van der Waals surface area contributed by atoms with Crippen LogP contribution in [0.15, 0.2) is 97.2 Å². The van der Waals surface area contributed by atoms with Crippen LogP contribution in [0.2, 0.25) is 10.0 Å². The molecule has 1 fully saturated rings. The minimum Gasteiger partial charge on any atom is -0.380 e. The molecule has 0 aliphatic carbocycles. The van der Waals surface area contributed by atoms with E-state index < -0.39 is 0 Å². The lowest BCUT2D eigenvalue weighted by molar-refractivity contribution is 0.331. The first-order valence-electron chi connectivity index (χ1n) is 13.1. The summed E-state index contributed by atoms with van der Waals surface area (Å²) in [6.45, 7) is 4.10. The fourth-order valence-electron chi connectivity index (χ4n) is 5.40. The fraction of sp³-hybridized carbons (Fsp3) is 0.182. The third-order valence-electron chi connectivity index (χ3n) is 7.33. The molecule has 0 bridgehead atoms. The minimum absolute atomic E-state index is 0.675. The zero-order valence-electron chi connectivity index (χ0n) is 21.1. The van der Waals surface area contributed by atoms with Crippen LogP contribution in [-0.2, 0) is 13.1 Å². The summed E-state index contributed by atoms with van der Waals surface area (Å²) >= 11 is 12.4. The van der Waals surface area contributed by atoms with E-state index in [1.165, 1.54) is 53.7 Å². The number of rotatable bonds is 7. The van der Waals surface area contributed by atoms with E-state index in [0.717, 1.165) is 33.7 Å². The molecular weight excluding hydrogens is 509 g/mol. The summed E-state index contributed by atoms with van der Waals surface area (Å²) in [5.41, 5.74) is 9.29. The Kier molecular flexibility index (Phi) is 7.33. The van der Waals surface area contributed by atoms with Gasteiger partial charge in [0, 0.05) is 40.4 Å². The molecule has 0 unspecified atom stereocenters. The van der Waals surface area contributed by atoms with E-state index in [4.69, 9.17) is 23.2 Å². The van der Waals surface area contributed by atoms with Gasteiger partial charge in [-0.3, -0.25) is 9.88 Å². The largest absolute Gasteiger partial charge is 0.380 e. The van der Waals surface area contributed by atoms with Crippen molar-refractivity contribution in [3.63, 3.8) is 0 Å². The normalized spacial score (nSPS) is 13.7. The smallest absolute Gasteiger partial charge is 0.0737 e. The lowest BCUT2D eigenvalue weighted by Crippen LogP contribution is -2.18. The first-order chi connectivity index (χ1) is 18.6. The molecule has 1 aliphatic heterocycles. The highest BCUT2D eigenvalue weighted by molar-refractivity contribution is 6.31. The van der Waals surface area contributed by atoms with Gasteiger partial charge in [0.2, 0.25) is 0 Å². The molecule has 0 saturated carbocycles. The van der Waals surface area contributed by atoms with Crippen molar-refractivity contribution < 1.29 is 0 Å². The first kappa shape index (κ1) is 24.9. The molecular formula is C33H29Cl2N3. The lowest BCUT2D eigenvalue weighted by atomic mass is 9.90. The second-order valence-corrected chi connectivity index (χ2v) is 10.8. The monoisotopic (exact) mass is 537 g/mol. The zero-order valence-corrected chi connectivity index (χ0v) is 22.6. The van der Waals surface area contributed by atoms with Crippen LogP contribution < -0.4 is 5.32 Å². The van der Waals surface area contributed by atoms with Crippen molar-refractivity contribution in [3.8, 4) is 22.3 Å². The Morgan fingerprint density at radius 1 is 0.763 bits per heavy atom. The average Bonchev–Trinajstić information content (AvgIpc) is 3.45. The topological polar surface area (TPSA) is 28.2 Å². The van der Waals surface area contributed by atoms with Gasteiger partial charge in [0.05, 0.1) is 5.52 Å². The van der Waals surface area contributed by atoms with Crippen molar-refractivity contribution in [2.75, 3.05) is 18.4 Å². The molecule has 6 rings (SSSR count). The Morgan fingerprint density at radius 2 is 1.50 bits per heavy atom. The maximum absolute atomic E-state index is 6.22. The second kappa shape index (κ2) is 11.2. The maximum Gasteiger partial charge on any atom is 0.0737 e. The molecule has 38 heavy (non-hydrogen) atoms. The predicted octanol–water partition coefficient (Wildman–Crippen LogP) is 9.08. The minimum atomic E-state index is 0.675. The number of hydrogen-bond donors (Lipinski definition) is 1. The van der Waals surface area contributed by atoms with Crippen LogP contribution in [0.4, 0.5) is 5.69 Å². The summed E-state index contributed by atoms with van der Waals surface area (Å²) in [5.74, 6) is 0. The van der Waals surface area contributed by atoms with Crippen molar-refractivity contribution in [1.82, 2.24) is 9.88 Å². The second-order valence-electron chi connectivity index (χ2n) is 9.90. The molecule has 190 valence electrons. The summed E-state index contributed by atoms with van der Waals surface area (Å²) in [4.78, 5) is 7.03. The Labute approximate surface area is 234 Å². The number of fused-ring (bicyclic) bond motifs is 1. The highest BCUT2D eigenvalue weighted by Gasteiger charge is 2.15. The van der Waals surface area contributed by atoms with E-state index in [1.54, 1.807) is 0 Å². The van der Waals surface area contributed by atoms with Gasteiger partial charge in [0.1, 0.15) is 0 Å². The highest BCUT2D eigenvalue weighted by atomic mass is 35.5. The van der Waals surface area contributed by atoms with Gasteiger partial charge in [0.15, 0.2) is 0 Å². The van der Waals surface area contributed by atoms with E-state index >= 15 is 0 Å². The van der Waals surface area contributed by atoms with Crippen LogP contribution in [-0.4, -0.2) is 23.0 Å². The van der Waals surface area contributed by atoms with E-state index in [-0.39, 0.29) is 0 Å². The van der Waals surface area contributed by atoms with Gasteiger partial charge in [-0.25, -0.2) is 0 Å². The van der Waals surface area contributed by atoms with Crippen LogP contribution in [0.1, 0.15) is 24.0 Å². The Morgan fingerprint density at radius 3 is 2.29 bits per heavy atom. The van der Waals surface area contributed by atoms with Crippen molar-refractivity contribution >= 4 is 39.8 Å². The van der Waals surface area contributed by atoms with Gasteiger partial charge in [-0.05, 0) is 95.7 Å². The Hall–Kier alpha value is -3.37.